The fourth-order valence-corrected chi connectivity index (χ4v) is 5.38. The van der Waals surface area contributed by atoms with Crippen LogP contribution in [0.4, 0.5) is 10.5 Å². The van der Waals surface area contributed by atoms with Crippen LogP contribution >= 0.6 is 0 Å². The second-order valence-electron chi connectivity index (χ2n) is 8.35. The monoisotopic (exact) mass is 505 g/mol. The van der Waals surface area contributed by atoms with E-state index >= 15 is 0 Å². The van der Waals surface area contributed by atoms with Crippen LogP contribution in [-0.2, 0) is 10.0 Å². The number of nitrogens with one attached hydrogen (secondary N) is 2. The zero-order valence-corrected chi connectivity index (χ0v) is 19.9. The molecule has 0 spiro atoms. The van der Waals surface area contributed by atoms with Gasteiger partial charge in [0.1, 0.15) is 10.7 Å². The zero-order chi connectivity index (χ0) is 25.3. The van der Waals surface area contributed by atoms with Gasteiger partial charge >= 0.3 is 6.09 Å². The molecule has 2 aliphatic heterocycles. The summed E-state index contributed by atoms with van der Waals surface area (Å²) in [6, 6.07) is 14.2. The molecule has 2 aliphatic rings. The maximum absolute atomic E-state index is 13.3. The fraction of sp³-hybridized carbons (Fsp3) is 0.160. The molecule has 3 aromatic rings. The predicted molar refractivity (Wildman–Crippen MR) is 134 cm³/mol. The molecular weight excluding hydrogens is 482 g/mol. The minimum absolute atomic E-state index is 0.0508. The lowest BCUT2D eigenvalue weighted by Crippen LogP contribution is -2.60. The highest BCUT2D eigenvalue weighted by Crippen LogP contribution is 2.25. The number of carboxylic acid groups (broad SMARTS) is 1. The van der Waals surface area contributed by atoms with E-state index in [1.807, 2.05) is 0 Å². The Balaban J connectivity index is 1.36. The van der Waals surface area contributed by atoms with Gasteiger partial charge in [-0.15, -0.1) is 0 Å². The van der Waals surface area contributed by atoms with Crippen molar-refractivity contribution in [1.29, 1.82) is 0 Å². The Kier molecular flexibility index (Phi) is 6.17. The summed E-state index contributed by atoms with van der Waals surface area (Å²) in [5.74, 6) is -0.105. The molecule has 11 heteroatoms. The summed E-state index contributed by atoms with van der Waals surface area (Å²) in [6.45, 7) is 1.24. The average molecular weight is 506 g/mol. The number of amides is 2. The summed E-state index contributed by atoms with van der Waals surface area (Å²) >= 11 is 0. The number of aromatic nitrogens is 1. The van der Waals surface area contributed by atoms with E-state index < -0.39 is 22.0 Å². The van der Waals surface area contributed by atoms with Gasteiger partial charge in [-0.3, -0.25) is 24.3 Å². The number of anilines is 1. The molecule has 3 N–H and O–H groups in total. The molecule has 0 saturated carbocycles. The third kappa shape index (κ3) is 4.41. The van der Waals surface area contributed by atoms with Crippen molar-refractivity contribution in [1.82, 2.24) is 20.1 Å². The van der Waals surface area contributed by atoms with Gasteiger partial charge in [0.05, 0.1) is 11.6 Å². The lowest BCUT2D eigenvalue weighted by Gasteiger charge is -2.41. The number of carbonyl (C=O) groups is 2. The number of allylic oxidation sites excluding steroid dienone is 2. The van der Waals surface area contributed by atoms with Crippen molar-refractivity contribution >= 4 is 38.6 Å². The van der Waals surface area contributed by atoms with Gasteiger partial charge in [0.15, 0.2) is 0 Å². The number of hydrogen-bond donors (Lipinski definition) is 3. The van der Waals surface area contributed by atoms with Crippen molar-refractivity contribution in [2.45, 2.75) is 10.9 Å². The Hall–Kier alpha value is -4.22. The normalized spacial score (nSPS) is 15.8. The highest BCUT2D eigenvalue weighted by atomic mass is 32.2. The molecule has 184 valence electrons. The summed E-state index contributed by atoms with van der Waals surface area (Å²) in [7, 11) is -3.93. The first kappa shape index (κ1) is 23.5. The molecule has 1 fully saturated rings. The quantitative estimate of drug-likeness (QED) is 0.469. The fourth-order valence-electron chi connectivity index (χ4n) is 4.14. The van der Waals surface area contributed by atoms with Crippen LogP contribution in [0.15, 0.2) is 89.7 Å². The molecule has 0 bridgehead atoms. The van der Waals surface area contributed by atoms with Crippen LogP contribution in [0.5, 0.6) is 0 Å². The zero-order valence-electron chi connectivity index (χ0n) is 19.0. The number of fused-ring (bicyclic) bond motifs is 1. The summed E-state index contributed by atoms with van der Waals surface area (Å²) in [6.07, 6.45) is 5.50. The van der Waals surface area contributed by atoms with Crippen molar-refractivity contribution in [3.8, 4) is 0 Å². The van der Waals surface area contributed by atoms with Gasteiger partial charge < -0.3 is 10.4 Å². The van der Waals surface area contributed by atoms with E-state index in [-0.39, 0.29) is 29.0 Å². The van der Waals surface area contributed by atoms with Gasteiger partial charge in [-0.2, -0.15) is 0 Å². The molecule has 1 saturated heterocycles. The number of nitrogens with zero attached hydrogens (tertiary/aromatic N) is 3. The summed E-state index contributed by atoms with van der Waals surface area (Å²) in [5, 5.41) is 13.5. The van der Waals surface area contributed by atoms with Crippen molar-refractivity contribution in [2.24, 2.45) is 0 Å². The maximum atomic E-state index is 13.3. The number of para-hydroxylation sites is 1. The molecule has 0 aliphatic carbocycles. The van der Waals surface area contributed by atoms with Crippen molar-refractivity contribution in [3.05, 3.63) is 90.4 Å². The van der Waals surface area contributed by atoms with Crippen LogP contribution in [0, 0.1) is 0 Å². The Morgan fingerprint density at radius 3 is 2.53 bits per heavy atom. The number of sulfonamides is 1. The van der Waals surface area contributed by atoms with E-state index in [0.29, 0.717) is 29.6 Å². The first-order chi connectivity index (χ1) is 17.3. The number of rotatable bonds is 6. The van der Waals surface area contributed by atoms with Crippen molar-refractivity contribution in [2.75, 3.05) is 24.4 Å². The second-order valence-corrected chi connectivity index (χ2v) is 10.00. The topological polar surface area (TPSA) is 132 Å². The van der Waals surface area contributed by atoms with Gasteiger partial charge in [-0.1, -0.05) is 30.4 Å². The highest BCUT2D eigenvalue weighted by molar-refractivity contribution is 7.93. The SMILES string of the molecule is O=C(c1ccc(NS(=O)(=O)c2cccc3cccnc23)cc1)N1CC=CC=C1N(C(=O)O)C1CNC1. The summed E-state index contributed by atoms with van der Waals surface area (Å²) in [4.78, 5) is 32.1. The first-order valence-electron chi connectivity index (χ1n) is 11.2. The van der Waals surface area contributed by atoms with Crippen LogP contribution in [0.3, 0.4) is 0 Å². The van der Waals surface area contributed by atoms with E-state index in [2.05, 4.69) is 15.0 Å². The van der Waals surface area contributed by atoms with Gasteiger partial charge in [0.2, 0.25) is 0 Å². The second kappa shape index (κ2) is 9.44. The van der Waals surface area contributed by atoms with E-state index in [1.165, 1.54) is 46.3 Å². The molecule has 10 nitrogen and oxygen atoms in total. The van der Waals surface area contributed by atoms with Gasteiger partial charge in [0, 0.05) is 42.5 Å². The molecule has 1 aromatic heterocycles. The molecular formula is C25H23N5O5S. The Morgan fingerprint density at radius 2 is 1.83 bits per heavy atom. The van der Waals surface area contributed by atoms with Crippen molar-refractivity contribution in [3.63, 3.8) is 0 Å². The Morgan fingerprint density at radius 1 is 1.08 bits per heavy atom. The lowest BCUT2D eigenvalue weighted by atomic mass is 10.1. The number of benzene rings is 2. The average Bonchev–Trinajstić information content (AvgIpc) is 2.85. The molecule has 0 unspecified atom stereocenters. The number of hydrogen-bond acceptors (Lipinski definition) is 6. The molecule has 2 amide bonds. The molecule has 5 rings (SSSR count). The molecule has 0 radical (unpaired) electrons. The van der Waals surface area contributed by atoms with Crippen LogP contribution in [0.2, 0.25) is 0 Å². The van der Waals surface area contributed by atoms with E-state index in [1.54, 1.807) is 42.5 Å². The summed E-state index contributed by atoms with van der Waals surface area (Å²) < 4.78 is 28.6. The molecule has 2 aromatic carbocycles. The van der Waals surface area contributed by atoms with Crippen molar-refractivity contribution < 1.29 is 23.1 Å². The van der Waals surface area contributed by atoms with Gasteiger partial charge in [0.25, 0.3) is 15.9 Å². The summed E-state index contributed by atoms with van der Waals surface area (Å²) in [5.41, 5.74) is 0.936. The van der Waals surface area contributed by atoms with Crippen LogP contribution in [0.1, 0.15) is 10.4 Å². The Bertz CT molecular complexity index is 1490. The molecule has 36 heavy (non-hydrogen) atoms. The van der Waals surface area contributed by atoms with Crippen LogP contribution in [-0.4, -0.2) is 66.0 Å². The predicted octanol–water partition coefficient (Wildman–Crippen LogP) is 2.84. The first-order valence-corrected chi connectivity index (χ1v) is 12.7. The van der Waals surface area contributed by atoms with Crippen LogP contribution in [0.25, 0.3) is 10.9 Å². The van der Waals surface area contributed by atoms with E-state index in [4.69, 9.17) is 0 Å². The Labute approximate surface area is 207 Å². The third-order valence-electron chi connectivity index (χ3n) is 6.04. The number of carbonyl (C=O) groups excluding carboxylic acids is 1. The number of pyridine rings is 1. The largest absolute Gasteiger partial charge is 0.465 e. The maximum Gasteiger partial charge on any atom is 0.413 e. The molecule has 3 heterocycles. The van der Waals surface area contributed by atoms with Crippen LogP contribution < -0.4 is 10.0 Å². The van der Waals surface area contributed by atoms with E-state index in [0.717, 1.165) is 0 Å². The molecule has 0 atom stereocenters. The minimum atomic E-state index is -3.93. The lowest BCUT2D eigenvalue weighted by molar-refractivity contribution is 0.0697. The third-order valence-corrected chi connectivity index (χ3v) is 7.45. The minimum Gasteiger partial charge on any atom is -0.465 e. The highest BCUT2D eigenvalue weighted by Gasteiger charge is 2.35. The van der Waals surface area contributed by atoms with Gasteiger partial charge in [-0.25, -0.2) is 13.2 Å². The van der Waals surface area contributed by atoms with Gasteiger partial charge in [-0.05, 0) is 42.5 Å². The smallest absolute Gasteiger partial charge is 0.413 e. The van der Waals surface area contributed by atoms with E-state index in [9.17, 15) is 23.1 Å². The standard InChI is InChI=1S/C25H23N5O5S/c31-24(29-14-2-1-8-22(29)30(25(32)33)20-15-26-16-20)18-9-11-19(12-10-18)28-36(34,35)21-7-3-5-17-6-4-13-27-23(17)21/h1-13,20,26,28H,14-16H2,(H,32,33).